The summed E-state index contributed by atoms with van der Waals surface area (Å²) >= 11 is 1.79. The second-order valence-electron chi connectivity index (χ2n) is 6.66. The zero-order valence-corrected chi connectivity index (χ0v) is 13.7. The number of nitrogens with two attached hydrogens (primary N) is 1. The van der Waals surface area contributed by atoms with E-state index >= 15 is 0 Å². The number of hydrogen-bond acceptors (Lipinski definition) is 5. The number of aromatic nitrogens is 2. The molecule has 2 heterocycles. The maximum Gasteiger partial charge on any atom is 0.138 e. The molecule has 0 spiro atoms. The molecule has 1 saturated carbocycles. The summed E-state index contributed by atoms with van der Waals surface area (Å²) in [5.74, 6) is 2.33. The minimum Gasteiger partial charge on any atom is -0.384 e. The largest absolute Gasteiger partial charge is 0.384 e. The van der Waals surface area contributed by atoms with Crippen LogP contribution in [0.1, 0.15) is 44.3 Å². The second kappa shape index (κ2) is 5.30. The molecule has 2 N–H and O–H groups in total. The van der Waals surface area contributed by atoms with Crippen LogP contribution in [0.3, 0.4) is 0 Å². The van der Waals surface area contributed by atoms with E-state index in [2.05, 4.69) is 48.2 Å². The lowest BCUT2D eigenvalue weighted by molar-refractivity contribution is 0.544. The maximum absolute atomic E-state index is 6.01. The Hall–Kier alpha value is -1.62. The van der Waals surface area contributed by atoms with Gasteiger partial charge in [-0.05, 0) is 24.3 Å². The van der Waals surface area contributed by atoms with Crippen molar-refractivity contribution in [1.82, 2.24) is 9.97 Å². The van der Waals surface area contributed by atoms with Crippen LogP contribution in [0.5, 0.6) is 0 Å². The molecule has 0 amide bonds. The van der Waals surface area contributed by atoms with Gasteiger partial charge in [-0.1, -0.05) is 26.8 Å². The molecule has 0 unspecified atom stereocenters. The first kappa shape index (κ1) is 14.3. The van der Waals surface area contributed by atoms with E-state index in [9.17, 15) is 0 Å². The van der Waals surface area contributed by atoms with Crippen molar-refractivity contribution >= 4 is 23.0 Å². The number of rotatable bonds is 4. The van der Waals surface area contributed by atoms with Gasteiger partial charge in [0.05, 0.1) is 6.54 Å². The highest BCUT2D eigenvalue weighted by atomic mass is 32.1. The monoisotopic (exact) mass is 302 g/mol. The van der Waals surface area contributed by atoms with Crippen LogP contribution < -0.4 is 10.6 Å². The first-order valence-electron chi connectivity index (χ1n) is 7.37. The predicted octanol–water partition coefficient (Wildman–Crippen LogP) is 3.59. The molecule has 1 aliphatic rings. The fraction of sp³-hybridized carbons (Fsp3) is 0.500. The van der Waals surface area contributed by atoms with Gasteiger partial charge in [0.1, 0.15) is 17.5 Å². The first-order valence-corrected chi connectivity index (χ1v) is 8.25. The lowest BCUT2D eigenvalue weighted by Gasteiger charge is -2.25. The topological polar surface area (TPSA) is 55.0 Å². The molecule has 21 heavy (non-hydrogen) atoms. The van der Waals surface area contributed by atoms with Crippen molar-refractivity contribution in [2.24, 2.45) is 0 Å². The van der Waals surface area contributed by atoms with Crippen LogP contribution in [0.4, 0.5) is 11.6 Å². The van der Waals surface area contributed by atoms with Gasteiger partial charge in [0.2, 0.25) is 0 Å². The van der Waals surface area contributed by atoms with Crippen LogP contribution in [0.25, 0.3) is 0 Å². The minimum atomic E-state index is -0.0950. The molecule has 5 heteroatoms. The molecular weight excluding hydrogens is 280 g/mol. The summed E-state index contributed by atoms with van der Waals surface area (Å²) in [5, 5.41) is 2.12. The molecule has 2 aromatic heterocycles. The van der Waals surface area contributed by atoms with Gasteiger partial charge in [-0.25, -0.2) is 9.97 Å². The van der Waals surface area contributed by atoms with Crippen molar-refractivity contribution in [3.8, 4) is 0 Å². The van der Waals surface area contributed by atoms with Crippen LogP contribution >= 0.6 is 11.3 Å². The smallest absolute Gasteiger partial charge is 0.138 e. The van der Waals surface area contributed by atoms with Crippen molar-refractivity contribution in [3.05, 3.63) is 34.3 Å². The van der Waals surface area contributed by atoms with Crippen molar-refractivity contribution in [2.75, 3.05) is 10.6 Å². The zero-order valence-electron chi connectivity index (χ0n) is 12.8. The molecule has 0 aliphatic heterocycles. The van der Waals surface area contributed by atoms with Crippen molar-refractivity contribution in [2.45, 2.75) is 51.6 Å². The van der Waals surface area contributed by atoms with Crippen molar-refractivity contribution in [3.63, 3.8) is 0 Å². The highest BCUT2D eigenvalue weighted by Gasteiger charge is 2.31. The third-order valence-corrected chi connectivity index (χ3v) is 4.45. The van der Waals surface area contributed by atoms with Gasteiger partial charge < -0.3 is 10.6 Å². The fourth-order valence-electron chi connectivity index (χ4n) is 2.29. The van der Waals surface area contributed by atoms with E-state index in [0.717, 1.165) is 18.2 Å². The fourth-order valence-corrected chi connectivity index (χ4v) is 2.99. The Balaban J connectivity index is 1.94. The molecule has 4 nitrogen and oxygen atoms in total. The predicted molar refractivity (Wildman–Crippen MR) is 88.7 cm³/mol. The lowest BCUT2D eigenvalue weighted by Crippen LogP contribution is -2.27. The minimum absolute atomic E-state index is 0.0950. The van der Waals surface area contributed by atoms with E-state index in [0.29, 0.717) is 11.9 Å². The Kier molecular flexibility index (Phi) is 3.61. The molecule has 1 aliphatic carbocycles. The van der Waals surface area contributed by atoms with Crippen LogP contribution in [-0.4, -0.2) is 16.0 Å². The standard InChI is InChI=1S/C16H22N4S/c1-16(2,3)15-18-13(17)9-14(19-15)20(11-6-7-11)10-12-5-4-8-21-12/h4-5,8-9,11H,6-7,10H2,1-3H3,(H2,17,18,19). The Morgan fingerprint density at radius 2 is 2.10 bits per heavy atom. The van der Waals surface area contributed by atoms with Gasteiger partial charge in [-0.15, -0.1) is 11.3 Å². The van der Waals surface area contributed by atoms with Crippen molar-refractivity contribution < 1.29 is 0 Å². The average Bonchev–Trinajstić information content (AvgIpc) is 3.11. The number of thiophene rings is 1. The van der Waals surface area contributed by atoms with E-state index in [1.165, 1.54) is 17.7 Å². The molecule has 0 radical (unpaired) electrons. The molecule has 0 aromatic carbocycles. The lowest BCUT2D eigenvalue weighted by atomic mass is 9.96. The SMILES string of the molecule is CC(C)(C)c1nc(N)cc(N(Cc2cccs2)C2CC2)n1. The Morgan fingerprint density at radius 1 is 1.33 bits per heavy atom. The second-order valence-corrected chi connectivity index (χ2v) is 7.70. The number of nitrogen functional groups attached to an aromatic ring is 1. The maximum atomic E-state index is 6.01. The van der Waals surface area contributed by atoms with Crippen molar-refractivity contribution in [1.29, 1.82) is 0 Å². The van der Waals surface area contributed by atoms with E-state index < -0.39 is 0 Å². The van der Waals surface area contributed by atoms with Crippen LogP contribution in [0.15, 0.2) is 23.6 Å². The van der Waals surface area contributed by atoms with Gasteiger partial charge >= 0.3 is 0 Å². The summed E-state index contributed by atoms with van der Waals surface area (Å²) < 4.78 is 0. The Labute approximate surface area is 130 Å². The molecule has 0 saturated heterocycles. The number of hydrogen-bond donors (Lipinski definition) is 1. The number of anilines is 2. The summed E-state index contributed by atoms with van der Waals surface area (Å²) in [6.45, 7) is 7.26. The van der Waals surface area contributed by atoms with E-state index in [4.69, 9.17) is 10.7 Å². The third kappa shape index (κ3) is 3.35. The average molecular weight is 302 g/mol. The highest BCUT2D eigenvalue weighted by molar-refractivity contribution is 7.09. The normalized spacial score (nSPS) is 15.2. The Bertz CT molecular complexity index is 612. The van der Waals surface area contributed by atoms with Crippen LogP contribution in [-0.2, 0) is 12.0 Å². The quantitative estimate of drug-likeness (QED) is 0.938. The molecule has 0 bridgehead atoms. The van der Waals surface area contributed by atoms with Crippen LogP contribution in [0, 0.1) is 0 Å². The summed E-state index contributed by atoms with van der Waals surface area (Å²) in [6.07, 6.45) is 2.47. The van der Waals surface area contributed by atoms with Gasteiger partial charge in [0.15, 0.2) is 0 Å². The zero-order chi connectivity index (χ0) is 15.0. The van der Waals surface area contributed by atoms with Gasteiger partial charge in [-0.2, -0.15) is 0 Å². The van der Waals surface area contributed by atoms with Gasteiger partial charge in [0, 0.05) is 22.4 Å². The summed E-state index contributed by atoms with van der Waals surface area (Å²) in [6, 6.07) is 6.77. The third-order valence-electron chi connectivity index (χ3n) is 3.59. The van der Waals surface area contributed by atoms with Gasteiger partial charge in [-0.3, -0.25) is 0 Å². The molecule has 0 atom stereocenters. The first-order chi connectivity index (χ1) is 9.93. The van der Waals surface area contributed by atoms with Crippen LogP contribution in [0.2, 0.25) is 0 Å². The summed E-state index contributed by atoms with van der Waals surface area (Å²) in [7, 11) is 0. The van der Waals surface area contributed by atoms with E-state index in [-0.39, 0.29) is 5.41 Å². The molecule has 1 fully saturated rings. The van der Waals surface area contributed by atoms with E-state index in [1.54, 1.807) is 11.3 Å². The Morgan fingerprint density at radius 3 is 2.67 bits per heavy atom. The molecule has 3 rings (SSSR count). The summed E-state index contributed by atoms with van der Waals surface area (Å²) in [4.78, 5) is 12.9. The molecular formula is C16H22N4S. The van der Waals surface area contributed by atoms with Gasteiger partial charge in [0.25, 0.3) is 0 Å². The van der Waals surface area contributed by atoms with E-state index in [1.807, 2.05) is 6.07 Å². The summed E-state index contributed by atoms with van der Waals surface area (Å²) in [5.41, 5.74) is 5.92. The highest BCUT2D eigenvalue weighted by Crippen LogP contribution is 2.34. The molecule has 112 valence electrons. The number of nitrogens with zero attached hydrogens (tertiary/aromatic N) is 3. The molecule has 2 aromatic rings.